The van der Waals surface area contributed by atoms with E-state index >= 15 is 0 Å². The van der Waals surface area contributed by atoms with E-state index in [1.165, 1.54) is 24.0 Å². The molecule has 1 aliphatic carbocycles. The van der Waals surface area contributed by atoms with Crippen LogP contribution in [0.3, 0.4) is 0 Å². The normalized spacial score (nSPS) is 15.7. The molecule has 79 valence electrons. The quantitative estimate of drug-likeness (QED) is 0.685. The second-order valence-corrected chi connectivity index (χ2v) is 5.01. The Morgan fingerprint density at radius 1 is 1.33 bits per heavy atom. The lowest BCUT2D eigenvalue weighted by atomic mass is 9.97. The van der Waals surface area contributed by atoms with Crippen LogP contribution in [-0.2, 0) is 6.42 Å². The minimum absolute atomic E-state index is 0.720. The lowest BCUT2D eigenvalue weighted by Gasteiger charge is -2.09. The van der Waals surface area contributed by atoms with E-state index in [1.54, 1.807) is 0 Å². The van der Waals surface area contributed by atoms with Crippen LogP contribution in [0, 0.1) is 12.0 Å². The van der Waals surface area contributed by atoms with Crippen molar-refractivity contribution in [1.29, 1.82) is 0 Å². The first-order valence-corrected chi connectivity index (χ1v) is 5.86. The largest absolute Gasteiger partial charge is 0.0906 e. The average molecular weight is 199 g/mol. The Morgan fingerprint density at radius 2 is 2.07 bits per heavy atom. The molecule has 1 radical (unpaired) electrons. The van der Waals surface area contributed by atoms with Crippen LogP contribution in [0.2, 0.25) is 0 Å². The van der Waals surface area contributed by atoms with E-state index in [-0.39, 0.29) is 0 Å². The SMILES string of the molecule is C=[C]c1cc(CC(C)C)cc(C2CC2)c1. The van der Waals surface area contributed by atoms with Crippen molar-refractivity contribution in [2.45, 2.75) is 39.0 Å². The van der Waals surface area contributed by atoms with E-state index < -0.39 is 0 Å². The molecular weight excluding hydrogens is 180 g/mol. The Balaban J connectivity index is 2.28. The van der Waals surface area contributed by atoms with Gasteiger partial charge in [0.25, 0.3) is 0 Å². The van der Waals surface area contributed by atoms with Gasteiger partial charge in [-0.2, -0.15) is 0 Å². The predicted molar refractivity (Wildman–Crippen MR) is 64.9 cm³/mol. The summed E-state index contributed by atoms with van der Waals surface area (Å²) in [5, 5.41) is 0. The summed E-state index contributed by atoms with van der Waals surface area (Å²) >= 11 is 0. The van der Waals surface area contributed by atoms with E-state index in [0.29, 0.717) is 0 Å². The zero-order chi connectivity index (χ0) is 10.8. The molecule has 0 atom stereocenters. The van der Waals surface area contributed by atoms with Crippen molar-refractivity contribution in [1.82, 2.24) is 0 Å². The van der Waals surface area contributed by atoms with Crippen LogP contribution in [0.1, 0.15) is 49.3 Å². The van der Waals surface area contributed by atoms with Crippen LogP contribution in [0.4, 0.5) is 0 Å². The molecule has 1 aliphatic rings. The first-order valence-electron chi connectivity index (χ1n) is 5.86. The van der Waals surface area contributed by atoms with Crippen LogP contribution >= 0.6 is 0 Å². The smallest absolute Gasteiger partial charge is 0.0161 e. The van der Waals surface area contributed by atoms with E-state index in [2.05, 4.69) is 44.7 Å². The molecule has 0 heterocycles. The molecule has 0 heteroatoms. The molecule has 15 heavy (non-hydrogen) atoms. The molecule has 1 aromatic rings. The number of benzene rings is 1. The van der Waals surface area contributed by atoms with E-state index in [0.717, 1.165) is 23.8 Å². The monoisotopic (exact) mass is 199 g/mol. The molecule has 0 nitrogen and oxygen atoms in total. The van der Waals surface area contributed by atoms with Gasteiger partial charge in [-0.05, 0) is 53.9 Å². The fourth-order valence-corrected chi connectivity index (χ4v) is 2.06. The van der Waals surface area contributed by atoms with Gasteiger partial charge in [-0.15, -0.1) is 0 Å². The minimum Gasteiger partial charge on any atom is -0.0906 e. The summed E-state index contributed by atoms with van der Waals surface area (Å²) in [6.07, 6.45) is 6.90. The van der Waals surface area contributed by atoms with Crippen molar-refractivity contribution in [2.75, 3.05) is 0 Å². The van der Waals surface area contributed by atoms with Crippen LogP contribution in [0.5, 0.6) is 0 Å². The van der Waals surface area contributed by atoms with Gasteiger partial charge in [-0.3, -0.25) is 0 Å². The molecule has 0 aromatic heterocycles. The van der Waals surface area contributed by atoms with E-state index in [4.69, 9.17) is 0 Å². The molecule has 0 aliphatic heterocycles. The van der Waals surface area contributed by atoms with Crippen LogP contribution in [0.25, 0.3) is 0 Å². The van der Waals surface area contributed by atoms with Gasteiger partial charge in [0.05, 0.1) is 0 Å². The molecular formula is C15H19. The van der Waals surface area contributed by atoms with Gasteiger partial charge in [0.2, 0.25) is 0 Å². The summed E-state index contributed by atoms with van der Waals surface area (Å²) in [5.74, 6) is 1.54. The molecule has 0 amide bonds. The molecule has 1 aromatic carbocycles. The fourth-order valence-electron chi connectivity index (χ4n) is 2.06. The molecule has 2 rings (SSSR count). The van der Waals surface area contributed by atoms with Crippen LogP contribution in [0.15, 0.2) is 24.8 Å². The summed E-state index contributed by atoms with van der Waals surface area (Å²) in [6, 6.07) is 6.84. The molecule has 0 unspecified atom stereocenters. The highest BCUT2D eigenvalue weighted by Gasteiger charge is 2.23. The first kappa shape index (κ1) is 10.5. The maximum absolute atomic E-state index is 3.75. The van der Waals surface area contributed by atoms with Crippen molar-refractivity contribution in [3.8, 4) is 0 Å². The van der Waals surface area contributed by atoms with Gasteiger partial charge < -0.3 is 0 Å². The Labute approximate surface area is 93.0 Å². The second-order valence-electron chi connectivity index (χ2n) is 5.01. The average Bonchev–Trinajstić information content (AvgIpc) is 2.99. The Kier molecular flexibility index (Phi) is 2.95. The molecule has 1 saturated carbocycles. The lowest BCUT2D eigenvalue weighted by molar-refractivity contribution is 0.646. The van der Waals surface area contributed by atoms with Gasteiger partial charge in [0.1, 0.15) is 0 Å². The highest BCUT2D eigenvalue weighted by atomic mass is 14.3. The van der Waals surface area contributed by atoms with Crippen molar-refractivity contribution in [3.63, 3.8) is 0 Å². The van der Waals surface area contributed by atoms with Gasteiger partial charge in [-0.25, -0.2) is 0 Å². The van der Waals surface area contributed by atoms with Crippen LogP contribution in [-0.4, -0.2) is 0 Å². The highest BCUT2D eigenvalue weighted by Crippen LogP contribution is 2.40. The third kappa shape index (κ3) is 2.71. The number of hydrogen-bond acceptors (Lipinski definition) is 0. The third-order valence-electron chi connectivity index (χ3n) is 2.91. The van der Waals surface area contributed by atoms with Crippen molar-refractivity contribution >= 4 is 0 Å². The van der Waals surface area contributed by atoms with Gasteiger partial charge in [0.15, 0.2) is 0 Å². The molecule has 0 bridgehead atoms. The zero-order valence-corrected chi connectivity index (χ0v) is 9.72. The zero-order valence-electron chi connectivity index (χ0n) is 9.72. The summed E-state index contributed by atoms with van der Waals surface area (Å²) in [7, 11) is 0. The number of rotatable bonds is 4. The molecule has 0 saturated heterocycles. The maximum Gasteiger partial charge on any atom is -0.0161 e. The van der Waals surface area contributed by atoms with Gasteiger partial charge in [0, 0.05) is 0 Å². The second kappa shape index (κ2) is 4.22. The lowest BCUT2D eigenvalue weighted by Crippen LogP contribution is -1.96. The standard InChI is InChI=1S/C15H19/c1-4-12-8-13(7-11(2)3)10-15(9-12)14-5-6-14/h8-11,14H,1,5-7H2,2-3H3. The Morgan fingerprint density at radius 3 is 2.60 bits per heavy atom. The summed E-state index contributed by atoms with van der Waals surface area (Å²) in [5.41, 5.74) is 4.11. The van der Waals surface area contributed by atoms with Crippen molar-refractivity contribution in [3.05, 3.63) is 47.5 Å². The maximum atomic E-state index is 3.75. The van der Waals surface area contributed by atoms with Gasteiger partial charge in [-0.1, -0.05) is 38.6 Å². The van der Waals surface area contributed by atoms with E-state index in [1.807, 2.05) is 0 Å². The fraction of sp³-hybridized carbons (Fsp3) is 0.467. The van der Waals surface area contributed by atoms with Gasteiger partial charge >= 0.3 is 0 Å². The number of hydrogen-bond donors (Lipinski definition) is 0. The summed E-state index contributed by atoms with van der Waals surface area (Å²) in [4.78, 5) is 0. The third-order valence-corrected chi connectivity index (χ3v) is 2.91. The molecule has 1 fully saturated rings. The van der Waals surface area contributed by atoms with Crippen molar-refractivity contribution < 1.29 is 0 Å². The first-order chi connectivity index (χ1) is 7.19. The van der Waals surface area contributed by atoms with Crippen LogP contribution < -0.4 is 0 Å². The Bertz CT molecular complexity index is 356. The van der Waals surface area contributed by atoms with Crippen molar-refractivity contribution in [2.24, 2.45) is 5.92 Å². The Hall–Kier alpha value is -1.04. The molecule has 0 spiro atoms. The summed E-state index contributed by atoms with van der Waals surface area (Å²) in [6.45, 7) is 8.28. The predicted octanol–water partition coefficient (Wildman–Crippen LogP) is 4.10. The van der Waals surface area contributed by atoms with E-state index in [9.17, 15) is 0 Å². The topological polar surface area (TPSA) is 0 Å². The minimum atomic E-state index is 0.720. The molecule has 0 N–H and O–H groups in total. The highest BCUT2D eigenvalue weighted by molar-refractivity contribution is 5.37. The summed E-state index contributed by atoms with van der Waals surface area (Å²) < 4.78 is 0.